The predicted octanol–water partition coefficient (Wildman–Crippen LogP) is 4.12. The predicted molar refractivity (Wildman–Crippen MR) is 230 cm³/mol. The fraction of sp³-hybridized carbons (Fsp3) is 0.581. The molecule has 2 amide bonds. The highest BCUT2D eigenvalue weighted by molar-refractivity contribution is 5.93. The molecular weight excluding hydrogens is 777 g/mol. The van der Waals surface area contributed by atoms with Gasteiger partial charge in [0, 0.05) is 70.1 Å². The van der Waals surface area contributed by atoms with E-state index in [1.54, 1.807) is 12.1 Å². The van der Waals surface area contributed by atoms with Crippen LogP contribution < -0.4 is 31.9 Å². The van der Waals surface area contributed by atoms with E-state index in [2.05, 4.69) is 82.6 Å². The monoisotopic (exact) mass is 834 g/mol. The summed E-state index contributed by atoms with van der Waals surface area (Å²) in [6.45, 7) is 12.3. The van der Waals surface area contributed by atoms with E-state index in [-0.39, 0.29) is 35.2 Å². The fourth-order valence-electron chi connectivity index (χ4n) is 8.84. The Bertz CT molecular complexity index is 2150. The second-order valence-electron chi connectivity index (χ2n) is 17.7. The summed E-state index contributed by atoms with van der Waals surface area (Å²) in [4.78, 5) is 62.4. The van der Waals surface area contributed by atoms with E-state index in [1.165, 1.54) is 19.0 Å². The largest absolute Gasteiger partial charge is 0.376 e. The summed E-state index contributed by atoms with van der Waals surface area (Å²) in [6, 6.07) is 7.30. The first-order valence-electron chi connectivity index (χ1n) is 21.7. The number of anilines is 4. The van der Waals surface area contributed by atoms with Gasteiger partial charge in [-0.05, 0) is 90.6 Å². The first-order valence-corrected chi connectivity index (χ1v) is 21.7. The summed E-state index contributed by atoms with van der Waals surface area (Å²) in [5, 5.41) is 19.6. The van der Waals surface area contributed by atoms with Crippen molar-refractivity contribution in [3.63, 3.8) is 0 Å². The third kappa shape index (κ3) is 11.5. The van der Waals surface area contributed by atoms with Crippen molar-refractivity contribution in [1.82, 2.24) is 50.5 Å². The third-order valence-corrected chi connectivity index (χ3v) is 12.1. The van der Waals surface area contributed by atoms with Gasteiger partial charge >= 0.3 is 0 Å². The van der Waals surface area contributed by atoms with Gasteiger partial charge in [0.15, 0.2) is 0 Å². The van der Waals surface area contributed by atoms with E-state index in [9.17, 15) is 9.59 Å². The molecule has 0 saturated carbocycles. The molecule has 61 heavy (non-hydrogen) atoms. The van der Waals surface area contributed by atoms with Crippen LogP contribution in [-0.2, 0) is 25.5 Å². The smallest absolute Gasteiger partial charge is 0.229 e. The Morgan fingerprint density at radius 2 is 1.20 bits per heavy atom. The van der Waals surface area contributed by atoms with Crippen molar-refractivity contribution < 1.29 is 19.1 Å². The molecule has 4 fully saturated rings. The molecule has 0 aromatic carbocycles. The summed E-state index contributed by atoms with van der Waals surface area (Å²) in [5.41, 5.74) is 1.75. The number of amides is 2. The molecule has 0 aliphatic carbocycles. The van der Waals surface area contributed by atoms with E-state index in [0.717, 1.165) is 71.2 Å². The first kappa shape index (κ1) is 42.4. The molecule has 0 radical (unpaired) electrons. The number of hydrogen-bond donors (Lipinski definition) is 6. The van der Waals surface area contributed by atoms with Gasteiger partial charge in [-0.25, -0.2) is 39.9 Å². The number of aromatic nitrogens is 8. The molecular formula is C43H58N14O4. The van der Waals surface area contributed by atoms with Crippen LogP contribution in [0.5, 0.6) is 0 Å². The molecule has 0 spiro atoms. The molecule has 4 saturated heterocycles. The second-order valence-corrected chi connectivity index (χ2v) is 17.7. The lowest BCUT2D eigenvalue weighted by Crippen LogP contribution is -2.41. The summed E-state index contributed by atoms with van der Waals surface area (Å²) < 4.78 is 12.5. The summed E-state index contributed by atoms with van der Waals surface area (Å²) in [5.74, 6) is 3.35. The number of hydrogen-bond acceptors (Lipinski definition) is 16. The minimum atomic E-state index is -0.530. The van der Waals surface area contributed by atoms with Gasteiger partial charge in [-0.1, -0.05) is 0 Å². The van der Waals surface area contributed by atoms with Crippen molar-refractivity contribution in [1.29, 1.82) is 0 Å². The molecule has 8 rings (SSSR count). The van der Waals surface area contributed by atoms with E-state index in [1.807, 2.05) is 12.1 Å². The Balaban J connectivity index is 0.936. The fourth-order valence-corrected chi connectivity index (χ4v) is 8.84. The topological polar surface area (TPSA) is 228 Å². The van der Waals surface area contributed by atoms with Crippen molar-refractivity contribution in [3.05, 3.63) is 49.1 Å². The van der Waals surface area contributed by atoms with Crippen molar-refractivity contribution in [2.24, 2.45) is 23.7 Å². The number of nitrogens with one attached hydrogen (secondary N) is 6. The lowest BCUT2D eigenvalue weighted by atomic mass is 9.84. The van der Waals surface area contributed by atoms with Crippen molar-refractivity contribution in [2.75, 3.05) is 73.7 Å². The Labute approximate surface area is 356 Å². The van der Waals surface area contributed by atoms with Gasteiger partial charge in [0.25, 0.3) is 0 Å². The van der Waals surface area contributed by atoms with Crippen LogP contribution in [0.15, 0.2) is 43.2 Å². The molecule has 5 unspecified atom stereocenters. The van der Waals surface area contributed by atoms with Crippen molar-refractivity contribution in [3.8, 4) is 22.8 Å². The summed E-state index contributed by atoms with van der Waals surface area (Å²) in [7, 11) is 0. The van der Waals surface area contributed by atoms with Crippen LogP contribution in [0.1, 0.15) is 71.5 Å². The maximum absolute atomic E-state index is 12.9. The van der Waals surface area contributed by atoms with Gasteiger partial charge in [0.1, 0.15) is 48.1 Å². The van der Waals surface area contributed by atoms with E-state index < -0.39 is 5.60 Å². The summed E-state index contributed by atoms with van der Waals surface area (Å²) in [6.07, 6.45) is 11.1. The first-order chi connectivity index (χ1) is 29.5. The minimum Gasteiger partial charge on any atom is -0.376 e. The lowest BCUT2D eigenvalue weighted by molar-refractivity contribution is -0.120. The molecule has 6 N–H and O–H groups in total. The zero-order valence-electron chi connectivity index (χ0n) is 35.4. The molecule has 4 aliphatic rings. The van der Waals surface area contributed by atoms with Crippen molar-refractivity contribution >= 4 is 35.1 Å². The zero-order valence-corrected chi connectivity index (χ0v) is 35.4. The molecule has 324 valence electrons. The zero-order chi connectivity index (χ0) is 42.2. The normalized spacial score (nSPS) is 25.0. The van der Waals surface area contributed by atoms with Crippen LogP contribution in [0.4, 0.5) is 23.3 Å². The van der Waals surface area contributed by atoms with Gasteiger partial charge in [-0.2, -0.15) is 0 Å². The molecule has 4 aliphatic heterocycles. The average Bonchev–Trinajstić information content (AvgIpc) is 3.81. The molecule has 18 nitrogen and oxygen atoms in total. The Hall–Kier alpha value is -5.30. The van der Waals surface area contributed by atoms with Gasteiger partial charge < -0.3 is 41.4 Å². The number of rotatable bonds is 14. The number of carbonyl (C=O) groups excluding carboxylic acids is 2. The molecule has 4 aromatic rings. The quantitative estimate of drug-likeness (QED) is 0.105. The molecule has 4 aromatic heterocycles. The number of carbonyl (C=O) groups is 2. The van der Waals surface area contributed by atoms with Crippen LogP contribution in [-0.4, -0.2) is 115 Å². The van der Waals surface area contributed by atoms with Gasteiger partial charge in [0.05, 0.1) is 45.8 Å². The van der Waals surface area contributed by atoms with Crippen LogP contribution in [0.25, 0.3) is 22.8 Å². The highest BCUT2D eigenvalue weighted by Crippen LogP contribution is 2.34. The minimum absolute atomic E-state index is 0.0459. The highest BCUT2D eigenvalue weighted by Gasteiger charge is 2.35. The average molecular weight is 835 g/mol. The third-order valence-electron chi connectivity index (χ3n) is 12.1. The van der Waals surface area contributed by atoms with Gasteiger partial charge in [-0.3, -0.25) is 9.59 Å². The second kappa shape index (κ2) is 19.2. The van der Waals surface area contributed by atoms with E-state index in [4.69, 9.17) is 19.4 Å². The number of piperidine rings is 1. The maximum Gasteiger partial charge on any atom is 0.229 e. The number of nitrogens with zero attached hydrogens (tertiary/aromatic N) is 8. The van der Waals surface area contributed by atoms with Crippen LogP contribution >= 0.6 is 0 Å². The molecule has 18 heteroatoms. The van der Waals surface area contributed by atoms with Crippen LogP contribution in [0.3, 0.4) is 0 Å². The van der Waals surface area contributed by atoms with E-state index in [0.29, 0.717) is 90.5 Å². The van der Waals surface area contributed by atoms with E-state index >= 15 is 0 Å². The van der Waals surface area contributed by atoms with Gasteiger partial charge in [0.2, 0.25) is 11.8 Å². The van der Waals surface area contributed by atoms with Crippen LogP contribution in [0.2, 0.25) is 0 Å². The number of ether oxygens (including phenoxy) is 2. The lowest BCUT2D eigenvalue weighted by Gasteiger charge is -2.38. The Morgan fingerprint density at radius 3 is 1.82 bits per heavy atom. The Kier molecular flexibility index (Phi) is 13.3. The highest BCUT2D eigenvalue weighted by atomic mass is 16.5. The Morgan fingerprint density at radius 1 is 0.639 bits per heavy atom. The molecule has 8 heterocycles. The van der Waals surface area contributed by atoms with Crippen LogP contribution in [0, 0.1) is 23.7 Å². The maximum atomic E-state index is 12.9. The van der Waals surface area contributed by atoms with Gasteiger partial charge in [-0.15, -0.1) is 0 Å². The summed E-state index contributed by atoms with van der Waals surface area (Å²) >= 11 is 0. The van der Waals surface area contributed by atoms with Crippen molar-refractivity contribution in [2.45, 2.75) is 83.3 Å². The molecule has 0 bridgehead atoms. The SMILES string of the molecule is CC1(C)CC(CNc2cc(-c3cc(NC(=O)C4CCNC4)ncn3)nc(CC3(C)CC(CNc4cc(-c5cc(NC(=O)C6CCCNC6)ncn5)ncn4)CCO3)n2)CCO1. The molecule has 5 atom stereocenters. The standard InChI is InChI=1S/C43H58N14O4/c1-42(2)17-27(7-11-60-42)20-47-36-16-34(33-15-38(53-26-50-33)57-41(59)30-6-10-45-23-30)54-39(55-36)19-43(3)18-28(8-12-61-43)21-46-35-13-31(48-24-51-35)32-14-37(52-25-49-32)56-40(58)29-5-4-9-44-22-29/h13-16,24-30,44-45H,4-12,17-23H2,1-3H3,(H,46,48,51)(H,47,54,55)(H,49,52,56,58)(H,50,53,57,59).